The number of aliphatic carboxylic acids is 2. The maximum absolute atomic E-state index is 10.6. The van der Waals surface area contributed by atoms with Crippen molar-refractivity contribution in [3.8, 4) is 0 Å². The van der Waals surface area contributed by atoms with Gasteiger partial charge in [0.2, 0.25) is 0 Å². The van der Waals surface area contributed by atoms with Crippen molar-refractivity contribution in [3.63, 3.8) is 0 Å². The molecule has 0 bridgehead atoms. The summed E-state index contributed by atoms with van der Waals surface area (Å²) in [7, 11) is 0. The van der Waals surface area contributed by atoms with Crippen molar-refractivity contribution >= 4 is 23.3 Å². The molecule has 4 heterocycles. The lowest BCUT2D eigenvalue weighted by molar-refractivity contribution is -0.193. The second kappa shape index (κ2) is 12.3. The molecule has 35 heavy (non-hydrogen) atoms. The van der Waals surface area contributed by atoms with Crippen LogP contribution in [-0.4, -0.2) is 74.5 Å². The first-order valence-corrected chi connectivity index (χ1v) is 11.2. The highest BCUT2D eigenvalue weighted by Gasteiger charge is 2.42. The zero-order chi connectivity index (χ0) is 26.2. The standard InChI is InChI=1S/C17H21N3S.2C2HF3O2/c1-2-14(10-18-6-1)11-19-7-3-17-16(19)4-8-20(17)12-15-5-9-21-13-15;2*3-2(4,5)1(6)7/h1-2,5-6,9-10,13,16-17H,3-4,7-8,11-12H2;2*(H,6,7)/t16-,17+;;/m0../s1. The van der Waals surface area contributed by atoms with Crippen LogP contribution in [-0.2, 0) is 22.7 Å². The number of nitrogens with zero attached hydrogens (tertiary/aromatic N) is 3. The van der Waals surface area contributed by atoms with Gasteiger partial charge >= 0.3 is 24.3 Å². The minimum absolute atomic E-state index is 0.740. The van der Waals surface area contributed by atoms with E-state index in [-0.39, 0.29) is 0 Å². The van der Waals surface area contributed by atoms with Crippen molar-refractivity contribution in [2.24, 2.45) is 0 Å². The normalized spacial score (nSPS) is 20.3. The number of aromatic nitrogens is 1. The Morgan fingerprint density at radius 1 is 0.914 bits per heavy atom. The van der Waals surface area contributed by atoms with Gasteiger partial charge < -0.3 is 10.2 Å². The number of fused-ring (bicyclic) bond motifs is 1. The van der Waals surface area contributed by atoms with Gasteiger partial charge in [0.15, 0.2) is 0 Å². The maximum atomic E-state index is 10.6. The average molecular weight is 527 g/mol. The highest BCUT2D eigenvalue weighted by molar-refractivity contribution is 7.07. The number of carbonyl (C=O) groups is 2. The van der Waals surface area contributed by atoms with Gasteiger partial charge in [-0.2, -0.15) is 37.7 Å². The second-order valence-corrected chi connectivity index (χ2v) is 8.53. The van der Waals surface area contributed by atoms with E-state index in [1.54, 1.807) is 11.3 Å². The van der Waals surface area contributed by atoms with Crippen LogP contribution in [0, 0.1) is 0 Å². The topological polar surface area (TPSA) is 94.0 Å². The molecule has 4 rings (SSSR count). The lowest BCUT2D eigenvalue weighted by Gasteiger charge is -2.25. The van der Waals surface area contributed by atoms with E-state index in [9.17, 15) is 26.3 Å². The van der Waals surface area contributed by atoms with E-state index >= 15 is 0 Å². The Kier molecular flexibility index (Phi) is 10.0. The van der Waals surface area contributed by atoms with Crippen LogP contribution in [0.15, 0.2) is 41.4 Å². The Labute approximate surface area is 200 Å². The number of carboxylic acids is 2. The number of halogens is 6. The summed E-state index contributed by atoms with van der Waals surface area (Å²) in [5.74, 6) is -5.51. The van der Waals surface area contributed by atoms with Crippen molar-refractivity contribution in [1.29, 1.82) is 0 Å². The predicted octanol–water partition coefficient (Wildman–Crippen LogP) is 4.26. The third kappa shape index (κ3) is 9.11. The Morgan fingerprint density at radius 2 is 1.40 bits per heavy atom. The molecule has 2 aliphatic heterocycles. The van der Waals surface area contributed by atoms with Crippen molar-refractivity contribution < 1.29 is 46.1 Å². The minimum atomic E-state index is -5.08. The molecule has 2 N–H and O–H groups in total. The maximum Gasteiger partial charge on any atom is 0.490 e. The summed E-state index contributed by atoms with van der Waals surface area (Å²) >= 11 is 1.81. The van der Waals surface area contributed by atoms with Crippen molar-refractivity contribution in [1.82, 2.24) is 14.8 Å². The van der Waals surface area contributed by atoms with Gasteiger partial charge in [0, 0.05) is 50.7 Å². The van der Waals surface area contributed by atoms with Crippen LogP contribution in [0.5, 0.6) is 0 Å². The second-order valence-electron chi connectivity index (χ2n) is 7.75. The first kappa shape index (κ1) is 28.5. The third-order valence-corrected chi connectivity index (χ3v) is 6.10. The fraction of sp³-hybridized carbons (Fsp3) is 0.476. The first-order valence-electron chi connectivity index (χ1n) is 10.3. The molecule has 7 nitrogen and oxygen atoms in total. The Morgan fingerprint density at radius 3 is 1.77 bits per heavy atom. The molecule has 2 saturated heterocycles. The molecule has 0 unspecified atom stereocenters. The summed E-state index contributed by atoms with van der Waals surface area (Å²) < 4.78 is 63.5. The summed E-state index contributed by atoms with van der Waals surface area (Å²) in [5, 5.41) is 18.7. The molecule has 0 aliphatic carbocycles. The number of rotatable bonds is 4. The highest BCUT2D eigenvalue weighted by Crippen LogP contribution is 2.33. The SMILES string of the molecule is O=C(O)C(F)(F)F.O=C(O)C(F)(F)F.c1cncc(CN2CC[C@@H]3[C@@H]2CCN3Cc2ccsc2)c1. The van der Waals surface area contributed by atoms with Gasteiger partial charge in [0.1, 0.15) is 0 Å². The molecule has 2 fully saturated rings. The smallest absolute Gasteiger partial charge is 0.475 e. The van der Waals surface area contributed by atoms with E-state index in [2.05, 4.69) is 37.7 Å². The summed E-state index contributed by atoms with van der Waals surface area (Å²) in [4.78, 5) is 27.4. The predicted molar refractivity (Wildman–Crippen MR) is 114 cm³/mol. The molecule has 2 aromatic heterocycles. The molecule has 0 amide bonds. The quantitative estimate of drug-likeness (QED) is 0.574. The highest BCUT2D eigenvalue weighted by atomic mass is 32.1. The molecular formula is C21H23F6N3O4S. The fourth-order valence-corrected chi connectivity index (χ4v) is 4.56. The number of alkyl halides is 6. The molecule has 0 radical (unpaired) electrons. The minimum Gasteiger partial charge on any atom is -0.475 e. The van der Waals surface area contributed by atoms with Crippen LogP contribution in [0.2, 0.25) is 0 Å². The van der Waals surface area contributed by atoms with Crippen LogP contribution in [0.1, 0.15) is 24.0 Å². The van der Waals surface area contributed by atoms with E-state index in [4.69, 9.17) is 19.8 Å². The average Bonchev–Trinajstić information content (AvgIpc) is 3.49. The number of pyridine rings is 1. The van der Waals surface area contributed by atoms with Crippen LogP contribution in [0.25, 0.3) is 0 Å². The number of hydrogen-bond acceptors (Lipinski definition) is 6. The van der Waals surface area contributed by atoms with Gasteiger partial charge in [0.25, 0.3) is 0 Å². The van der Waals surface area contributed by atoms with Crippen molar-refractivity contribution in [3.05, 3.63) is 52.5 Å². The Balaban J connectivity index is 0.000000257. The lowest BCUT2D eigenvalue weighted by atomic mass is 10.1. The van der Waals surface area contributed by atoms with E-state index in [0.29, 0.717) is 0 Å². The summed E-state index contributed by atoms with van der Waals surface area (Å²) in [6.45, 7) is 4.66. The van der Waals surface area contributed by atoms with Crippen molar-refractivity contribution in [2.45, 2.75) is 50.4 Å². The Hall–Kier alpha value is -2.71. The molecule has 2 aliphatic rings. The summed E-state index contributed by atoms with van der Waals surface area (Å²) in [6.07, 6.45) is -3.68. The molecule has 2 atom stereocenters. The molecule has 2 aromatic rings. The number of hydrogen-bond donors (Lipinski definition) is 2. The van der Waals surface area contributed by atoms with E-state index < -0.39 is 24.3 Å². The molecule has 0 aromatic carbocycles. The van der Waals surface area contributed by atoms with E-state index in [1.165, 1.54) is 37.1 Å². The third-order valence-electron chi connectivity index (χ3n) is 5.37. The van der Waals surface area contributed by atoms with Gasteiger partial charge in [0.05, 0.1) is 0 Å². The largest absolute Gasteiger partial charge is 0.490 e. The van der Waals surface area contributed by atoms with Gasteiger partial charge in [-0.1, -0.05) is 6.07 Å². The summed E-state index contributed by atoms with van der Waals surface area (Å²) in [5.41, 5.74) is 2.82. The molecule has 14 heteroatoms. The van der Waals surface area contributed by atoms with Crippen LogP contribution in [0.4, 0.5) is 26.3 Å². The zero-order valence-corrected chi connectivity index (χ0v) is 19.0. The van der Waals surface area contributed by atoms with Crippen LogP contribution in [0.3, 0.4) is 0 Å². The van der Waals surface area contributed by atoms with E-state index in [0.717, 1.165) is 25.2 Å². The molecule has 0 saturated carbocycles. The zero-order valence-electron chi connectivity index (χ0n) is 18.2. The van der Waals surface area contributed by atoms with E-state index in [1.807, 2.05) is 18.5 Å². The van der Waals surface area contributed by atoms with Crippen LogP contribution >= 0.6 is 11.3 Å². The lowest BCUT2D eigenvalue weighted by Crippen LogP contribution is -2.35. The molecular weight excluding hydrogens is 504 g/mol. The van der Waals surface area contributed by atoms with Crippen LogP contribution < -0.4 is 0 Å². The van der Waals surface area contributed by atoms with Gasteiger partial charge in [-0.25, -0.2) is 9.59 Å². The number of likely N-dealkylation sites (tertiary alicyclic amines) is 2. The van der Waals surface area contributed by atoms with Gasteiger partial charge in [-0.05, 0) is 46.9 Å². The monoisotopic (exact) mass is 527 g/mol. The molecule has 0 spiro atoms. The first-order chi connectivity index (χ1) is 16.3. The van der Waals surface area contributed by atoms with Gasteiger partial charge in [-0.3, -0.25) is 14.8 Å². The summed E-state index contributed by atoms with van der Waals surface area (Å²) in [6, 6.07) is 7.99. The molecule has 194 valence electrons. The Bertz CT molecular complexity index is 917. The fourth-order valence-electron chi connectivity index (χ4n) is 3.90. The number of carboxylic acid groups (broad SMARTS) is 2. The number of thiophene rings is 1. The van der Waals surface area contributed by atoms with Crippen molar-refractivity contribution in [2.75, 3.05) is 13.1 Å². The van der Waals surface area contributed by atoms with Gasteiger partial charge in [-0.15, -0.1) is 0 Å².